The van der Waals surface area contributed by atoms with Gasteiger partial charge >= 0.3 is 12.4 Å². The lowest BCUT2D eigenvalue weighted by Crippen LogP contribution is -2.19. The zero-order chi connectivity index (χ0) is 23.0. The molecule has 0 aliphatic heterocycles. The highest BCUT2D eigenvalue weighted by molar-refractivity contribution is 6.68. The van der Waals surface area contributed by atoms with Gasteiger partial charge in [-0.05, 0) is 47.5 Å². The van der Waals surface area contributed by atoms with Gasteiger partial charge in [-0.2, -0.15) is 26.3 Å². The van der Waals surface area contributed by atoms with Crippen molar-refractivity contribution in [2.45, 2.75) is 18.3 Å². The molecule has 1 nitrogen and oxygen atoms in total. The van der Waals surface area contributed by atoms with Crippen LogP contribution in [0.5, 0.6) is 0 Å². The first kappa shape index (κ1) is 24.8. The van der Waals surface area contributed by atoms with E-state index in [1.807, 2.05) is 0 Å². The highest BCUT2D eigenvalue weighted by Crippen LogP contribution is 2.42. The second-order valence-corrected chi connectivity index (χ2v) is 7.40. The number of hydrogen-bond donors (Lipinski definition) is 0. The van der Waals surface area contributed by atoms with Gasteiger partial charge in [0, 0.05) is 11.1 Å². The Morgan fingerprint density at radius 1 is 0.933 bits per heavy atom. The van der Waals surface area contributed by atoms with Crippen LogP contribution in [0.4, 0.5) is 30.7 Å². The molecule has 0 aliphatic carbocycles. The Bertz CT molecular complexity index is 990. The van der Waals surface area contributed by atoms with Crippen LogP contribution in [0.25, 0.3) is 5.83 Å². The van der Waals surface area contributed by atoms with E-state index >= 15 is 0 Å². The van der Waals surface area contributed by atoms with Crippen LogP contribution in [0.1, 0.15) is 33.0 Å². The average Bonchev–Trinajstić information content (AvgIpc) is 2.61. The van der Waals surface area contributed by atoms with Gasteiger partial charge in [0.1, 0.15) is 11.7 Å². The van der Waals surface area contributed by atoms with Crippen molar-refractivity contribution in [2.75, 3.05) is 0 Å². The van der Waals surface area contributed by atoms with Crippen molar-refractivity contribution in [1.82, 2.24) is 0 Å². The third-order valence-electron chi connectivity index (χ3n) is 3.84. The SMILES string of the molecule is O=C(Cl)c1ccc(/C(F)=C/C(c2cc(Cl)c(Cl)c(Cl)c2)C(F)(F)F)cc1C(F)(F)F. The maximum atomic E-state index is 14.6. The Kier molecular flexibility index (Phi) is 7.39. The van der Waals surface area contributed by atoms with E-state index in [2.05, 4.69) is 0 Å². The number of rotatable bonds is 4. The molecule has 0 spiro atoms. The molecule has 1 unspecified atom stereocenters. The van der Waals surface area contributed by atoms with Crippen molar-refractivity contribution >= 4 is 57.5 Å². The number of alkyl halides is 6. The van der Waals surface area contributed by atoms with Gasteiger partial charge in [0.2, 0.25) is 0 Å². The molecule has 0 aromatic heterocycles. The smallest absolute Gasteiger partial charge is 0.276 e. The predicted octanol–water partition coefficient (Wildman–Crippen LogP) is 8.70. The maximum Gasteiger partial charge on any atom is 0.417 e. The molecule has 1 atom stereocenters. The summed E-state index contributed by atoms with van der Waals surface area (Å²) in [5.74, 6) is -4.23. The van der Waals surface area contributed by atoms with E-state index in [4.69, 9.17) is 46.4 Å². The van der Waals surface area contributed by atoms with E-state index in [-0.39, 0.29) is 27.2 Å². The topological polar surface area (TPSA) is 17.1 Å². The van der Waals surface area contributed by atoms with Crippen molar-refractivity contribution in [3.05, 3.63) is 73.7 Å². The third-order valence-corrected chi connectivity index (χ3v) is 5.24. The summed E-state index contributed by atoms with van der Waals surface area (Å²) in [6.07, 6.45) is -10.1. The number of carbonyl (C=O) groups excluding carboxylic acids is 1. The molecule has 162 valence electrons. The van der Waals surface area contributed by atoms with Crippen molar-refractivity contribution in [1.29, 1.82) is 0 Å². The molecule has 0 bridgehead atoms. The molecule has 0 aliphatic rings. The van der Waals surface area contributed by atoms with Gasteiger partial charge in [0.15, 0.2) is 0 Å². The summed E-state index contributed by atoms with van der Waals surface area (Å²) in [5, 5.41) is -2.33. The van der Waals surface area contributed by atoms with Crippen molar-refractivity contribution in [2.24, 2.45) is 0 Å². The Labute approximate surface area is 185 Å². The normalized spacial score (nSPS) is 14.0. The van der Waals surface area contributed by atoms with E-state index in [0.717, 1.165) is 12.1 Å². The zero-order valence-corrected chi connectivity index (χ0v) is 17.1. The molecule has 0 saturated carbocycles. The van der Waals surface area contributed by atoms with Gasteiger partial charge < -0.3 is 0 Å². The highest BCUT2D eigenvalue weighted by Gasteiger charge is 2.41. The van der Waals surface area contributed by atoms with Crippen molar-refractivity contribution < 1.29 is 35.5 Å². The number of allylic oxidation sites excluding steroid dienone is 1. The summed E-state index contributed by atoms with van der Waals surface area (Å²) < 4.78 is 94.5. The molecule has 0 amide bonds. The van der Waals surface area contributed by atoms with Crippen molar-refractivity contribution in [3.8, 4) is 0 Å². The molecule has 2 rings (SSSR count). The van der Waals surface area contributed by atoms with E-state index in [9.17, 15) is 35.5 Å². The van der Waals surface area contributed by atoms with Gasteiger partial charge in [-0.15, -0.1) is 0 Å². The first-order valence-corrected chi connectivity index (χ1v) is 9.14. The van der Waals surface area contributed by atoms with Gasteiger partial charge in [-0.25, -0.2) is 4.39 Å². The second-order valence-electron chi connectivity index (χ2n) is 5.86. The Balaban J connectivity index is 2.62. The number of benzene rings is 2. The molecule has 12 heteroatoms. The quantitative estimate of drug-likeness (QED) is 0.227. The van der Waals surface area contributed by atoms with Crippen LogP contribution in [0.3, 0.4) is 0 Å². The minimum Gasteiger partial charge on any atom is -0.276 e. The lowest BCUT2D eigenvalue weighted by atomic mass is 9.95. The lowest BCUT2D eigenvalue weighted by molar-refractivity contribution is -0.140. The molecule has 30 heavy (non-hydrogen) atoms. The van der Waals surface area contributed by atoms with E-state index in [1.165, 1.54) is 0 Å². The number of halogens is 11. The second kappa shape index (κ2) is 8.94. The molecule has 2 aromatic carbocycles. The fourth-order valence-corrected chi connectivity index (χ4v) is 3.25. The van der Waals surface area contributed by atoms with E-state index < -0.39 is 51.6 Å². The zero-order valence-electron chi connectivity index (χ0n) is 14.1. The molecule has 0 N–H and O–H groups in total. The summed E-state index contributed by atoms with van der Waals surface area (Å²) in [6, 6.07) is 3.09. The summed E-state index contributed by atoms with van der Waals surface area (Å²) in [5.41, 5.74) is -3.99. The maximum absolute atomic E-state index is 14.6. The molecule has 0 radical (unpaired) electrons. The fraction of sp³-hybridized carbons (Fsp3) is 0.167. The molecule has 0 saturated heterocycles. The third kappa shape index (κ3) is 5.60. The van der Waals surface area contributed by atoms with Crippen LogP contribution in [0.2, 0.25) is 15.1 Å². The van der Waals surface area contributed by atoms with Gasteiger partial charge in [0.05, 0.1) is 20.6 Å². The van der Waals surface area contributed by atoms with Gasteiger partial charge in [0.25, 0.3) is 5.24 Å². The van der Waals surface area contributed by atoms with Crippen LogP contribution in [-0.2, 0) is 6.18 Å². The summed E-state index contributed by atoms with van der Waals surface area (Å²) >= 11 is 22.2. The van der Waals surface area contributed by atoms with E-state index in [0.29, 0.717) is 12.1 Å². The molecular formula is C18H7Cl4F7O. The monoisotopic (exact) mass is 512 g/mol. The summed E-state index contributed by atoms with van der Waals surface area (Å²) in [7, 11) is 0. The van der Waals surface area contributed by atoms with E-state index in [1.54, 1.807) is 0 Å². The lowest BCUT2D eigenvalue weighted by Gasteiger charge is -2.19. The molecule has 0 heterocycles. The standard InChI is InChI=1S/C18H7Cl4F7O/c19-12-4-8(5-13(20)15(12)21)10(17(24,25)26)6-14(23)7-1-2-9(16(22)30)11(3-7)18(27,28)29/h1-6,10H/b14-6-. The van der Waals surface area contributed by atoms with Gasteiger partial charge in [-0.3, -0.25) is 4.79 Å². The van der Waals surface area contributed by atoms with Crippen LogP contribution in [-0.4, -0.2) is 11.4 Å². The minimum absolute atomic E-state index is 0.0631. The van der Waals surface area contributed by atoms with Gasteiger partial charge in [-0.1, -0.05) is 40.9 Å². The highest BCUT2D eigenvalue weighted by atomic mass is 35.5. The summed E-state index contributed by atoms with van der Waals surface area (Å²) in [4.78, 5) is 11.2. The Morgan fingerprint density at radius 2 is 1.47 bits per heavy atom. The largest absolute Gasteiger partial charge is 0.417 e. The van der Waals surface area contributed by atoms with Crippen LogP contribution in [0, 0.1) is 0 Å². The predicted molar refractivity (Wildman–Crippen MR) is 101 cm³/mol. The Hall–Kier alpha value is -1.48. The Morgan fingerprint density at radius 3 is 1.90 bits per heavy atom. The molecule has 0 fully saturated rings. The number of hydrogen-bond acceptors (Lipinski definition) is 1. The summed E-state index contributed by atoms with van der Waals surface area (Å²) in [6.45, 7) is 0. The van der Waals surface area contributed by atoms with Crippen molar-refractivity contribution in [3.63, 3.8) is 0 Å². The van der Waals surface area contributed by atoms with Crippen LogP contribution >= 0.6 is 46.4 Å². The number of carbonyl (C=O) groups is 1. The minimum atomic E-state index is -5.10. The fourth-order valence-electron chi connectivity index (χ4n) is 2.48. The van der Waals surface area contributed by atoms with Crippen LogP contribution in [0.15, 0.2) is 36.4 Å². The average molecular weight is 514 g/mol. The first-order chi connectivity index (χ1) is 13.6. The first-order valence-electron chi connectivity index (χ1n) is 7.63. The van der Waals surface area contributed by atoms with Crippen LogP contribution < -0.4 is 0 Å². The molecular weight excluding hydrogens is 507 g/mol. The molecule has 2 aromatic rings.